The highest BCUT2D eigenvalue weighted by Crippen LogP contribution is 2.44. The molecule has 27 heavy (non-hydrogen) atoms. The molecule has 2 unspecified atom stereocenters. The van der Waals surface area contributed by atoms with Gasteiger partial charge in [0.25, 0.3) is 0 Å². The molecule has 4 aliphatic heterocycles. The van der Waals surface area contributed by atoms with Crippen molar-refractivity contribution >= 4 is 29.1 Å². The molecule has 3 fully saturated rings. The van der Waals surface area contributed by atoms with Crippen molar-refractivity contribution in [1.29, 1.82) is 0 Å². The van der Waals surface area contributed by atoms with E-state index in [9.17, 15) is 19.5 Å². The predicted octanol–water partition coefficient (Wildman–Crippen LogP) is 0.948. The Morgan fingerprint density at radius 3 is 3.00 bits per heavy atom. The smallest absolute Gasteiger partial charge is 0.352 e. The number of nitrogens with zero attached hydrogens (tertiary/aromatic N) is 2. The Hall–Kier alpha value is -2.45. The van der Waals surface area contributed by atoms with Gasteiger partial charge >= 0.3 is 5.97 Å². The highest BCUT2D eigenvalue weighted by Gasteiger charge is 2.59. The number of β-lactam (4-membered cyclic amide) rings is 1. The van der Waals surface area contributed by atoms with Crippen molar-refractivity contribution in [3.05, 3.63) is 45.3 Å². The Morgan fingerprint density at radius 1 is 1.41 bits per heavy atom. The summed E-state index contributed by atoms with van der Waals surface area (Å²) in [5, 5.41) is 14.9. The first-order valence-electron chi connectivity index (χ1n) is 9.09. The highest BCUT2D eigenvalue weighted by atomic mass is 32.1. The van der Waals surface area contributed by atoms with Crippen molar-refractivity contribution in [3.63, 3.8) is 0 Å². The van der Waals surface area contributed by atoms with Gasteiger partial charge < -0.3 is 15.3 Å². The number of likely N-dealkylation sites (tertiary alicyclic amines) is 1. The fourth-order valence-electron chi connectivity index (χ4n) is 4.71. The van der Waals surface area contributed by atoms with Crippen LogP contribution in [0.25, 0.3) is 0 Å². The first-order valence-corrected chi connectivity index (χ1v) is 9.97. The fraction of sp³-hybridized carbons (Fsp3) is 0.421. The third-order valence-corrected chi connectivity index (χ3v) is 6.81. The number of allylic oxidation sites excluding steroid dienone is 2. The number of thiophene rings is 1. The third kappa shape index (κ3) is 2.47. The topological polar surface area (TPSA) is 90.0 Å². The second-order valence-corrected chi connectivity index (χ2v) is 8.49. The molecular formula is C19H19N3O4S. The Labute approximate surface area is 159 Å². The van der Waals surface area contributed by atoms with E-state index in [4.69, 9.17) is 0 Å². The fourth-order valence-corrected chi connectivity index (χ4v) is 5.43. The summed E-state index contributed by atoms with van der Waals surface area (Å²) >= 11 is 1.62. The van der Waals surface area contributed by atoms with E-state index in [0.717, 1.165) is 4.88 Å². The zero-order valence-electron chi connectivity index (χ0n) is 14.6. The van der Waals surface area contributed by atoms with Gasteiger partial charge in [-0.05, 0) is 41.9 Å². The molecule has 8 heteroatoms. The van der Waals surface area contributed by atoms with Gasteiger partial charge in [0, 0.05) is 23.5 Å². The van der Waals surface area contributed by atoms with Gasteiger partial charge in [-0.15, -0.1) is 11.3 Å². The number of hydrogen-bond donors (Lipinski definition) is 2. The Kier molecular flexibility index (Phi) is 3.73. The summed E-state index contributed by atoms with van der Waals surface area (Å²) in [4.78, 5) is 41.3. The van der Waals surface area contributed by atoms with E-state index < -0.39 is 5.97 Å². The normalized spacial score (nSPS) is 31.0. The van der Waals surface area contributed by atoms with Crippen LogP contribution >= 0.6 is 11.3 Å². The molecule has 0 spiro atoms. The molecule has 0 saturated carbocycles. The average molecular weight is 385 g/mol. The number of rotatable bonds is 4. The van der Waals surface area contributed by atoms with Crippen LogP contribution in [0.5, 0.6) is 0 Å². The molecule has 3 atom stereocenters. The number of carbonyl (C=O) groups is 3. The van der Waals surface area contributed by atoms with Crippen LogP contribution in [0.3, 0.4) is 0 Å². The van der Waals surface area contributed by atoms with Gasteiger partial charge in [0.05, 0.1) is 12.6 Å². The van der Waals surface area contributed by atoms with E-state index in [1.54, 1.807) is 22.3 Å². The van der Waals surface area contributed by atoms with Crippen LogP contribution in [-0.2, 0) is 20.9 Å². The van der Waals surface area contributed by atoms with E-state index in [1.165, 1.54) is 4.90 Å². The zero-order chi connectivity index (χ0) is 18.7. The summed E-state index contributed by atoms with van der Waals surface area (Å²) in [6, 6.07) is 3.67. The van der Waals surface area contributed by atoms with E-state index in [2.05, 4.69) is 5.32 Å². The molecule has 0 radical (unpaired) electrons. The number of amides is 2. The maximum atomic E-state index is 12.8. The average Bonchev–Trinajstić information content (AvgIpc) is 3.36. The minimum absolute atomic E-state index is 0.0416. The van der Waals surface area contributed by atoms with Gasteiger partial charge in [0.15, 0.2) is 0 Å². The molecule has 0 bridgehead atoms. The second kappa shape index (κ2) is 6.03. The number of carboxylic acid groups (broad SMARTS) is 1. The molecule has 0 aliphatic carbocycles. The van der Waals surface area contributed by atoms with E-state index in [-0.39, 0.29) is 35.5 Å². The van der Waals surface area contributed by atoms with Gasteiger partial charge in [-0.25, -0.2) is 4.79 Å². The Morgan fingerprint density at radius 2 is 2.26 bits per heavy atom. The molecule has 2 N–H and O–H groups in total. The Bertz CT molecular complexity index is 904. The van der Waals surface area contributed by atoms with Crippen molar-refractivity contribution in [2.45, 2.75) is 31.5 Å². The minimum atomic E-state index is -1.10. The standard InChI is InChI=1S/C19H19N3O4S/c23-17-10(3-4-21(17)9-13-2-1-5-27-13)6-11-7-12-8-20-14-15(12)22(18(14)24)16(11)19(25)26/h1-2,5-6,12,14-15,20H,3-4,7-9H2,(H,25,26)/t12?,14?,15-/m1/s1. The molecule has 5 rings (SSSR count). The van der Waals surface area contributed by atoms with Crippen molar-refractivity contribution in [3.8, 4) is 0 Å². The lowest BCUT2D eigenvalue weighted by Crippen LogP contribution is -2.68. The first kappa shape index (κ1) is 16.7. The molecule has 7 nitrogen and oxygen atoms in total. The van der Waals surface area contributed by atoms with Crippen molar-refractivity contribution in [2.24, 2.45) is 5.92 Å². The number of nitrogens with one attached hydrogen (secondary N) is 1. The molecular weight excluding hydrogens is 366 g/mol. The molecule has 140 valence electrons. The lowest BCUT2D eigenvalue weighted by molar-refractivity contribution is -0.153. The van der Waals surface area contributed by atoms with Crippen LogP contribution in [0.4, 0.5) is 0 Å². The summed E-state index contributed by atoms with van der Waals surface area (Å²) < 4.78 is 0. The lowest BCUT2D eigenvalue weighted by Gasteiger charge is -2.48. The largest absolute Gasteiger partial charge is 0.477 e. The van der Waals surface area contributed by atoms with Crippen LogP contribution < -0.4 is 5.32 Å². The lowest BCUT2D eigenvalue weighted by atomic mass is 9.79. The van der Waals surface area contributed by atoms with Crippen LogP contribution in [0.2, 0.25) is 0 Å². The molecule has 1 aromatic rings. The monoisotopic (exact) mass is 385 g/mol. The van der Waals surface area contributed by atoms with Crippen molar-refractivity contribution in [1.82, 2.24) is 15.1 Å². The van der Waals surface area contributed by atoms with Gasteiger partial charge in [0.1, 0.15) is 11.7 Å². The predicted molar refractivity (Wildman–Crippen MR) is 97.6 cm³/mol. The highest BCUT2D eigenvalue weighted by molar-refractivity contribution is 7.09. The van der Waals surface area contributed by atoms with Crippen molar-refractivity contribution < 1.29 is 19.5 Å². The summed E-state index contributed by atoms with van der Waals surface area (Å²) in [5.74, 6) is -1.10. The van der Waals surface area contributed by atoms with E-state index in [0.29, 0.717) is 43.6 Å². The van der Waals surface area contributed by atoms with Crippen LogP contribution in [0.1, 0.15) is 17.7 Å². The van der Waals surface area contributed by atoms with E-state index >= 15 is 0 Å². The SMILES string of the molecule is O=C(O)C1=C(C=C2CCN(Cc3cccs3)C2=O)CC2CNC3C(=O)N1[C@H]23. The van der Waals surface area contributed by atoms with Gasteiger partial charge in [-0.3, -0.25) is 14.5 Å². The third-order valence-electron chi connectivity index (χ3n) is 5.94. The maximum Gasteiger partial charge on any atom is 0.352 e. The summed E-state index contributed by atoms with van der Waals surface area (Å²) in [6.07, 6.45) is 2.92. The number of carbonyl (C=O) groups excluding carboxylic acids is 2. The molecule has 5 heterocycles. The summed E-state index contributed by atoms with van der Waals surface area (Å²) in [7, 11) is 0. The maximum absolute atomic E-state index is 12.8. The number of hydrogen-bond acceptors (Lipinski definition) is 5. The number of carboxylic acids is 1. The van der Waals surface area contributed by atoms with Crippen LogP contribution in [0.15, 0.2) is 40.4 Å². The molecule has 0 aromatic carbocycles. The molecule has 1 aromatic heterocycles. The molecule has 4 aliphatic rings. The van der Waals surface area contributed by atoms with E-state index in [1.807, 2.05) is 17.5 Å². The molecule has 2 amide bonds. The van der Waals surface area contributed by atoms with Gasteiger partial charge in [-0.1, -0.05) is 6.07 Å². The summed E-state index contributed by atoms with van der Waals surface area (Å²) in [6.45, 7) is 1.92. The number of aliphatic carboxylic acids is 1. The van der Waals surface area contributed by atoms with Crippen LogP contribution in [0, 0.1) is 5.92 Å². The quantitative estimate of drug-likeness (QED) is 0.595. The van der Waals surface area contributed by atoms with Crippen molar-refractivity contribution in [2.75, 3.05) is 13.1 Å². The van der Waals surface area contributed by atoms with Gasteiger partial charge in [-0.2, -0.15) is 0 Å². The summed E-state index contributed by atoms with van der Waals surface area (Å²) in [5.41, 5.74) is 1.29. The molecule has 3 saturated heterocycles. The minimum Gasteiger partial charge on any atom is -0.477 e. The first-order chi connectivity index (χ1) is 13.0. The second-order valence-electron chi connectivity index (χ2n) is 7.45. The Balaban J connectivity index is 1.44. The van der Waals surface area contributed by atoms with Crippen LogP contribution in [-0.4, -0.2) is 57.9 Å². The zero-order valence-corrected chi connectivity index (χ0v) is 15.4. The van der Waals surface area contributed by atoms with Gasteiger partial charge in [0.2, 0.25) is 11.8 Å².